The van der Waals surface area contributed by atoms with Crippen molar-refractivity contribution in [2.75, 3.05) is 18.0 Å². The van der Waals surface area contributed by atoms with Crippen molar-refractivity contribution in [1.29, 1.82) is 0 Å². The predicted octanol–water partition coefficient (Wildman–Crippen LogP) is 2.58. The molecule has 1 heterocycles. The lowest BCUT2D eigenvalue weighted by atomic mass is 10.1. The second-order valence-corrected chi connectivity index (χ2v) is 4.67. The summed E-state index contributed by atoms with van der Waals surface area (Å²) < 4.78 is 0. The highest BCUT2D eigenvalue weighted by molar-refractivity contribution is 5.41. The van der Waals surface area contributed by atoms with Gasteiger partial charge in [-0.25, -0.2) is 4.98 Å². The minimum atomic E-state index is 0.0690. The van der Waals surface area contributed by atoms with E-state index in [1.807, 2.05) is 19.2 Å². The molecule has 1 aromatic rings. The van der Waals surface area contributed by atoms with Crippen LogP contribution in [0.5, 0.6) is 0 Å². The molecule has 0 unspecified atom stereocenters. The van der Waals surface area contributed by atoms with Crippen LogP contribution in [0.25, 0.3) is 0 Å². The molecule has 0 spiro atoms. The van der Waals surface area contributed by atoms with Crippen LogP contribution < -0.4 is 10.6 Å². The van der Waals surface area contributed by atoms with Gasteiger partial charge in [-0.1, -0.05) is 13.8 Å². The van der Waals surface area contributed by atoms with Crippen molar-refractivity contribution in [3.8, 4) is 0 Å². The Hall–Kier alpha value is -1.09. The molecule has 0 fully saturated rings. The molecule has 0 aromatic carbocycles. The van der Waals surface area contributed by atoms with Crippen LogP contribution in [0.4, 0.5) is 5.82 Å². The third kappa shape index (κ3) is 3.49. The fourth-order valence-electron chi connectivity index (χ4n) is 1.72. The number of pyridine rings is 1. The smallest absolute Gasteiger partial charge is 0.128 e. The van der Waals surface area contributed by atoms with Crippen LogP contribution in [0.1, 0.15) is 39.3 Å². The number of nitrogens with two attached hydrogens (primary N) is 1. The topological polar surface area (TPSA) is 42.1 Å². The van der Waals surface area contributed by atoms with Crippen molar-refractivity contribution in [1.82, 2.24) is 4.98 Å². The molecule has 0 bridgehead atoms. The third-order valence-corrected chi connectivity index (χ3v) is 2.59. The summed E-state index contributed by atoms with van der Waals surface area (Å²) in [6.45, 7) is 10.6. The van der Waals surface area contributed by atoms with Crippen molar-refractivity contribution in [3.05, 3.63) is 23.9 Å². The average molecular weight is 221 g/mol. The molecule has 0 saturated carbocycles. The zero-order chi connectivity index (χ0) is 12.1. The summed E-state index contributed by atoms with van der Waals surface area (Å²) in [6, 6.07) is 4.15. The summed E-state index contributed by atoms with van der Waals surface area (Å²) in [5.74, 6) is 1.67. The number of hydrogen-bond donors (Lipinski definition) is 1. The maximum Gasteiger partial charge on any atom is 0.128 e. The molecule has 0 amide bonds. The van der Waals surface area contributed by atoms with Gasteiger partial charge in [0, 0.05) is 25.3 Å². The monoisotopic (exact) mass is 221 g/mol. The highest BCUT2D eigenvalue weighted by Gasteiger charge is 2.09. The van der Waals surface area contributed by atoms with Crippen LogP contribution in [0.15, 0.2) is 18.3 Å². The van der Waals surface area contributed by atoms with E-state index in [1.54, 1.807) is 0 Å². The van der Waals surface area contributed by atoms with E-state index in [-0.39, 0.29) is 6.04 Å². The van der Waals surface area contributed by atoms with Crippen LogP contribution in [0, 0.1) is 5.92 Å². The molecule has 0 aliphatic rings. The molecule has 16 heavy (non-hydrogen) atoms. The summed E-state index contributed by atoms with van der Waals surface area (Å²) in [5, 5.41) is 0. The normalized spacial score (nSPS) is 12.9. The lowest BCUT2D eigenvalue weighted by Crippen LogP contribution is -2.28. The van der Waals surface area contributed by atoms with Crippen LogP contribution in [-0.2, 0) is 0 Å². The quantitative estimate of drug-likeness (QED) is 0.831. The standard InChI is InChI=1S/C13H23N3/c1-5-16(9-10(2)3)13-8-12(11(4)14)6-7-15-13/h6-8,10-11H,5,9,14H2,1-4H3/t11-/m1/s1. The van der Waals surface area contributed by atoms with Crippen molar-refractivity contribution in [2.45, 2.75) is 33.7 Å². The first-order valence-electron chi connectivity index (χ1n) is 6.01. The molecule has 90 valence electrons. The molecule has 0 aliphatic heterocycles. The summed E-state index contributed by atoms with van der Waals surface area (Å²) in [5.41, 5.74) is 7.02. The van der Waals surface area contributed by atoms with E-state index in [2.05, 4.69) is 36.7 Å². The number of hydrogen-bond acceptors (Lipinski definition) is 3. The Morgan fingerprint density at radius 2 is 2.06 bits per heavy atom. The molecule has 3 nitrogen and oxygen atoms in total. The molecule has 0 saturated heterocycles. The van der Waals surface area contributed by atoms with Gasteiger partial charge in [0.2, 0.25) is 0 Å². The second-order valence-electron chi connectivity index (χ2n) is 4.67. The van der Waals surface area contributed by atoms with Crippen LogP contribution >= 0.6 is 0 Å². The first kappa shape index (κ1) is 13.0. The molecule has 1 rings (SSSR count). The molecule has 0 aliphatic carbocycles. The number of nitrogens with zero attached hydrogens (tertiary/aromatic N) is 2. The van der Waals surface area contributed by atoms with Gasteiger partial charge >= 0.3 is 0 Å². The molecule has 1 aromatic heterocycles. The average Bonchev–Trinajstić information content (AvgIpc) is 2.25. The summed E-state index contributed by atoms with van der Waals surface area (Å²) >= 11 is 0. The molecule has 0 radical (unpaired) electrons. The van der Waals surface area contributed by atoms with E-state index in [9.17, 15) is 0 Å². The highest BCUT2D eigenvalue weighted by Crippen LogP contribution is 2.17. The van der Waals surface area contributed by atoms with Gasteiger partial charge in [-0.3, -0.25) is 0 Å². The SMILES string of the molecule is CCN(CC(C)C)c1cc([C@@H](C)N)ccn1. The minimum absolute atomic E-state index is 0.0690. The van der Waals surface area contributed by atoms with Gasteiger partial charge in [0.25, 0.3) is 0 Å². The van der Waals surface area contributed by atoms with Gasteiger partial charge in [-0.15, -0.1) is 0 Å². The van der Waals surface area contributed by atoms with Gasteiger partial charge in [0.05, 0.1) is 0 Å². The molecular weight excluding hydrogens is 198 g/mol. The Kier molecular flexibility index (Phi) is 4.74. The van der Waals surface area contributed by atoms with Crippen molar-refractivity contribution < 1.29 is 0 Å². The van der Waals surface area contributed by atoms with E-state index >= 15 is 0 Å². The number of rotatable bonds is 5. The second kappa shape index (κ2) is 5.85. The van der Waals surface area contributed by atoms with E-state index in [0.717, 1.165) is 24.5 Å². The maximum absolute atomic E-state index is 5.88. The molecule has 1 atom stereocenters. The Labute approximate surface area is 98.7 Å². The zero-order valence-electron chi connectivity index (χ0n) is 10.8. The van der Waals surface area contributed by atoms with Gasteiger partial charge in [0.1, 0.15) is 5.82 Å². The van der Waals surface area contributed by atoms with Gasteiger partial charge in [0.15, 0.2) is 0 Å². The Morgan fingerprint density at radius 1 is 1.38 bits per heavy atom. The maximum atomic E-state index is 5.88. The first-order valence-corrected chi connectivity index (χ1v) is 6.01. The molecular formula is C13H23N3. The lowest BCUT2D eigenvalue weighted by molar-refractivity contribution is 0.614. The van der Waals surface area contributed by atoms with E-state index in [1.165, 1.54) is 0 Å². The Morgan fingerprint density at radius 3 is 2.56 bits per heavy atom. The zero-order valence-corrected chi connectivity index (χ0v) is 10.8. The summed E-state index contributed by atoms with van der Waals surface area (Å²) in [6.07, 6.45) is 1.84. The number of anilines is 1. The highest BCUT2D eigenvalue weighted by atomic mass is 15.2. The third-order valence-electron chi connectivity index (χ3n) is 2.59. The Bertz CT molecular complexity index is 321. The molecule has 2 N–H and O–H groups in total. The summed E-state index contributed by atoms with van der Waals surface area (Å²) in [7, 11) is 0. The first-order chi connectivity index (χ1) is 7.54. The van der Waals surface area contributed by atoms with Gasteiger partial charge in [-0.2, -0.15) is 0 Å². The van der Waals surface area contributed by atoms with Crippen LogP contribution in [-0.4, -0.2) is 18.1 Å². The van der Waals surface area contributed by atoms with Crippen LogP contribution in [0.3, 0.4) is 0 Å². The van der Waals surface area contributed by atoms with E-state index < -0.39 is 0 Å². The van der Waals surface area contributed by atoms with Crippen molar-refractivity contribution in [3.63, 3.8) is 0 Å². The Balaban J connectivity index is 2.87. The van der Waals surface area contributed by atoms with Crippen molar-refractivity contribution in [2.24, 2.45) is 11.7 Å². The predicted molar refractivity (Wildman–Crippen MR) is 69.6 cm³/mol. The molecule has 3 heteroatoms. The van der Waals surface area contributed by atoms with Crippen LogP contribution in [0.2, 0.25) is 0 Å². The lowest BCUT2D eigenvalue weighted by Gasteiger charge is -2.24. The van der Waals surface area contributed by atoms with E-state index in [0.29, 0.717) is 5.92 Å². The van der Waals surface area contributed by atoms with Crippen molar-refractivity contribution >= 4 is 5.82 Å². The van der Waals surface area contributed by atoms with Gasteiger partial charge < -0.3 is 10.6 Å². The fraction of sp³-hybridized carbons (Fsp3) is 0.615. The largest absolute Gasteiger partial charge is 0.357 e. The van der Waals surface area contributed by atoms with E-state index in [4.69, 9.17) is 5.73 Å². The minimum Gasteiger partial charge on any atom is -0.357 e. The fourth-order valence-corrected chi connectivity index (χ4v) is 1.72. The van der Waals surface area contributed by atoms with Gasteiger partial charge in [-0.05, 0) is 37.5 Å². The number of aromatic nitrogens is 1. The summed E-state index contributed by atoms with van der Waals surface area (Å²) in [4.78, 5) is 6.70.